The average molecular weight is 212 g/mol. The maximum atomic E-state index is 9.21. The Morgan fingerprint density at radius 2 is 2.07 bits per heavy atom. The Balaban J connectivity index is 2.40. The van der Waals surface area contributed by atoms with E-state index in [1.807, 2.05) is 18.5 Å². The number of aromatic nitrogens is 3. The van der Waals surface area contributed by atoms with Crippen LogP contribution in [0.25, 0.3) is 0 Å². The second-order valence-electron chi connectivity index (χ2n) is 4.09. The highest BCUT2D eigenvalue weighted by Gasteiger charge is 2.08. The molecule has 2 N–H and O–H groups in total. The second kappa shape index (κ2) is 5.23. The van der Waals surface area contributed by atoms with Gasteiger partial charge in [0.05, 0.1) is 12.6 Å². The van der Waals surface area contributed by atoms with E-state index >= 15 is 0 Å². The van der Waals surface area contributed by atoms with E-state index in [4.69, 9.17) is 0 Å². The number of aliphatic hydroxyl groups excluding tert-OH is 1. The molecule has 5 heteroatoms. The number of aryl methyl sites for hydroxylation is 1. The summed E-state index contributed by atoms with van der Waals surface area (Å²) >= 11 is 0. The molecule has 0 radical (unpaired) electrons. The number of hydrogen-bond acceptors (Lipinski definition) is 4. The van der Waals surface area contributed by atoms with Crippen LogP contribution < -0.4 is 5.32 Å². The van der Waals surface area contributed by atoms with E-state index in [2.05, 4.69) is 22.4 Å². The molecular formula is C10H20N4O. The first-order valence-electron chi connectivity index (χ1n) is 5.27. The average Bonchev–Trinajstić information content (AvgIpc) is 2.44. The van der Waals surface area contributed by atoms with Crippen molar-refractivity contribution in [3.05, 3.63) is 11.6 Å². The molecule has 0 aromatic carbocycles. The van der Waals surface area contributed by atoms with Gasteiger partial charge in [0, 0.05) is 13.1 Å². The molecule has 1 aromatic heterocycles. The van der Waals surface area contributed by atoms with E-state index < -0.39 is 0 Å². The van der Waals surface area contributed by atoms with Crippen LogP contribution in [0.1, 0.15) is 31.9 Å². The summed E-state index contributed by atoms with van der Waals surface area (Å²) in [6, 6.07) is 0.280. The number of nitrogens with zero attached hydrogens (tertiary/aromatic N) is 3. The second-order valence-corrected chi connectivity index (χ2v) is 4.09. The fourth-order valence-corrected chi connectivity index (χ4v) is 1.47. The van der Waals surface area contributed by atoms with Gasteiger partial charge in [0.2, 0.25) is 0 Å². The first-order chi connectivity index (χ1) is 7.00. The van der Waals surface area contributed by atoms with Crippen LogP contribution in [0.5, 0.6) is 0 Å². The van der Waals surface area contributed by atoms with Crippen LogP contribution >= 0.6 is 0 Å². The summed E-state index contributed by atoms with van der Waals surface area (Å²) in [6.07, 6.45) is 0.477. The van der Waals surface area contributed by atoms with Gasteiger partial charge in [-0.2, -0.15) is 0 Å². The van der Waals surface area contributed by atoms with Gasteiger partial charge in [0.1, 0.15) is 11.6 Å². The van der Waals surface area contributed by atoms with Gasteiger partial charge in [-0.25, -0.2) is 0 Å². The molecule has 0 fully saturated rings. The van der Waals surface area contributed by atoms with Crippen LogP contribution in [0, 0.1) is 6.92 Å². The van der Waals surface area contributed by atoms with Crippen LogP contribution in [0.4, 0.5) is 0 Å². The fraction of sp³-hybridized carbons (Fsp3) is 0.800. The lowest BCUT2D eigenvalue weighted by Crippen LogP contribution is -2.29. The highest BCUT2D eigenvalue weighted by atomic mass is 16.3. The van der Waals surface area contributed by atoms with Gasteiger partial charge in [-0.05, 0) is 27.2 Å². The number of nitrogens with one attached hydrogen (secondary N) is 1. The molecule has 0 amide bonds. The molecular weight excluding hydrogens is 192 g/mol. The molecule has 0 bridgehead atoms. The van der Waals surface area contributed by atoms with Crippen LogP contribution in [0.15, 0.2) is 0 Å². The fourth-order valence-electron chi connectivity index (χ4n) is 1.47. The Morgan fingerprint density at radius 1 is 1.40 bits per heavy atom. The van der Waals surface area contributed by atoms with Crippen molar-refractivity contribution in [3.63, 3.8) is 0 Å². The lowest BCUT2D eigenvalue weighted by Gasteiger charge is -2.14. The minimum absolute atomic E-state index is 0.270. The molecule has 0 aliphatic heterocycles. The van der Waals surface area contributed by atoms with E-state index in [0.717, 1.165) is 18.1 Å². The van der Waals surface area contributed by atoms with Crippen LogP contribution in [0.3, 0.4) is 0 Å². The first kappa shape index (κ1) is 12.1. The first-order valence-corrected chi connectivity index (χ1v) is 5.27. The largest absolute Gasteiger partial charge is 0.393 e. The predicted molar refractivity (Wildman–Crippen MR) is 58.3 cm³/mol. The van der Waals surface area contributed by atoms with E-state index in [9.17, 15) is 5.11 Å². The molecule has 0 aliphatic rings. The van der Waals surface area contributed by atoms with Gasteiger partial charge < -0.3 is 15.0 Å². The zero-order valence-corrected chi connectivity index (χ0v) is 9.86. The van der Waals surface area contributed by atoms with Gasteiger partial charge in [-0.15, -0.1) is 10.2 Å². The molecule has 1 aromatic rings. The molecule has 0 saturated carbocycles. The maximum Gasteiger partial charge on any atom is 0.146 e. The van der Waals surface area contributed by atoms with Gasteiger partial charge >= 0.3 is 0 Å². The van der Waals surface area contributed by atoms with Crippen molar-refractivity contribution in [2.75, 3.05) is 0 Å². The summed E-state index contributed by atoms with van der Waals surface area (Å²) in [7, 11) is 1.95. The van der Waals surface area contributed by atoms with Crippen LogP contribution in [-0.4, -0.2) is 32.0 Å². The van der Waals surface area contributed by atoms with E-state index in [1.165, 1.54) is 0 Å². The summed E-state index contributed by atoms with van der Waals surface area (Å²) in [5, 5.41) is 20.5. The normalized spacial score (nSPS) is 15.3. The third-order valence-electron chi connectivity index (χ3n) is 2.49. The van der Waals surface area contributed by atoms with Crippen molar-refractivity contribution >= 4 is 0 Å². The lowest BCUT2D eigenvalue weighted by molar-refractivity contribution is 0.170. The Morgan fingerprint density at radius 3 is 2.53 bits per heavy atom. The van der Waals surface area contributed by atoms with Gasteiger partial charge in [-0.3, -0.25) is 0 Å². The number of rotatable bonds is 5. The van der Waals surface area contributed by atoms with Gasteiger partial charge in [0.25, 0.3) is 0 Å². The molecule has 0 aliphatic carbocycles. The maximum absolute atomic E-state index is 9.21. The summed E-state index contributed by atoms with van der Waals surface area (Å²) in [5.74, 6) is 1.83. The number of aliphatic hydroxyl groups is 1. The highest BCUT2D eigenvalue weighted by Crippen LogP contribution is 2.00. The summed E-state index contributed by atoms with van der Waals surface area (Å²) < 4.78 is 1.96. The third kappa shape index (κ3) is 3.60. The SMILES string of the molecule is Cc1nnc(CNC(C)CC(C)O)n1C. The highest BCUT2D eigenvalue weighted by molar-refractivity contribution is 4.92. The van der Waals surface area contributed by atoms with Crippen LogP contribution in [0.2, 0.25) is 0 Å². The molecule has 1 rings (SSSR count). The Hall–Kier alpha value is -0.940. The molecule has 15 heavy (non-hydrogen) atoms. The summed E-state index contributed by atoms with van der Waals surface area (Å²) in [6.45, 7) is 6.46. The Kier molecular flexibility index (Phi) is 4.23. The molecule has 2 unspecified atom stereocenters. The predicted octanol–water partition coefficient (Wildman–Crippen LogP) is 0.373. The van der Waals surface area contributed by atoms with Crippen molar-refractivity contribution in [1.29, 1.82) is 0 Å². The molecule has 2 atom stereocenters. The lowest BCUT2D eigenvalue weighted by atomic mass is 10.1. The van der Waals surface area contributed by atoms with Crippen molar-refractivity contribution in [1.82, 2.24) is 20.1 Å². The topological polar surface area (TPSA) is 63.0 Å². The standard InChI is InChI=1S/C10H20N4O/c1-7(5-8(2)15)11-6-10-13-12-9(3)14(10)4/h7-8,11,15H,5-6H2,1-4H3. The van der Waals surface area contributed by atoms with E-state index in [0.29, 0.717) is 6.54 Å². The quantitative estimate of drug-likeness (QED) is 0.740. The molecule has 0 spiro atoms. The minimum Gasteiger partial charge on any atom is -0.393 e. The minimum atomic E-state index is -0.270. The van der Waals surface area contributed by atoms with Crippen molar-refractivity contribution in [2.45, 2.75) is 45.9 Å². The van der Waals surface area contributed by atoms with E-state index in [-0.39, 0.29) is 12.1 Å². The van der Waals surface area contributed by atoms with Gasteiger partial charge in [0.15, 0.2) is 0 Å². The zero-order chi connectivity index (χ0) is 11.4. The van der Waals surface area contributed by atoms with E-state index in [1.54, 1.807) is 6.92 Å². The Labute approximate surface area is 90.5 Å². The molecule has 1 heterocycles. The summed E-state index contributed by atoms with van der Waals surface area (Å²) in [5.41, 5.74) is 0. The third-order valence-corrected chi connectivity index (χ3v) is 2.49. The van der Waals surface area contributed by atoms with Crippen LogP contribution in [-0.2, 0) is 13.6 Å². The smallest absolute Gasteiger partial charge is 0.146 e. The molecule has 0 saturated heterocycles. The van der Waals surface area contributed by atoms with Gasteiger partial charge in [-0.1, -0.05) is 0 Å². The summed E-state index contributed by atoms with van der Waals surface area (Å²) in [4.78, 5) is 0. The monoisotopic (exact) mass is 212 g/mol. The molecule has 5 nitrogen and oxygen atoms in total. The molecule has 86 valence electrons. The van der Waals surface area contributed by atoms with Crippen molar-refractivity contribution in [3.8, 4) is 0 Å². The zero-order valence-electron chi connectivity index (χ0n) is 9.86. The number of hydrogen-bond donors (Lipinski definition) is 2. The van der Waals surface area contributed by atoms with Crippen molar-refractivity contribution in [2.24, 2.45) is 7.05 Å². The van der Waals surface area contributed by atoms with Crippen molar-refractivity contribution < 1.29 is 5.11 Å². The Bertz CT molecular complexity index is 308.